The van der Waals surface area contributed by atoms with Gasteiger partial charge in [0, 0.05) is 25.4 Å². The van der Waals surface area contributed by atoms with E-state index in [0.29, 0.717) is 18.0 Å². The molecule has 0 saturated heterocycles. The molecule has 0 aliphatic heterocycles. The summed E-state index contributed by atoms with van der Waals surface area (Å²) in [4.78, 5) is 2.25. The number of likely N-dealkylation sites (N-methyl/N-ethyl adjacent to an activating group) is 1. The summed E-state index contributed by atoms with van der Waals surface area (Å²) >= 11 is 0. The van der Waals surface area contributed by atoms with E-state index in [9.17, 15) is 13.5 Å². The van der Waals surface area contributed by atoms with E-state index < -0.39 is 15.9 Å². The Labute approximate surface area is 121 Å². The van der Waals surface area contributed by atoms with Crippen LogP contribution >= 0.6 is 0 Å². The van der Waals surface area contributed by atoms with Gasteiger partial charge in [-0.25, -0.2) is 8.42 Å². The molecule has 0 bridgehead atoms. The second kappa shape index (κ2) is 7.17. The molecule has 0 amide bonds. The molecule has 5 nitrogen and oxygen atoms in total. The SMILES string of the molecule is CC(NCC(O)CN(C)C)c1ccc(S(C)(=O)=O)cc1. The van der Waals surface area contributed by atoms with Crippen molar-refractivity contribution in [1.29, 1.82) is 0 Å². The molecule has 0 aliphatic rings. The molecule has 2 unspecified atom stereocenters. The van der Waals surface area contributed by atoms with Crippen LogP contribution in [0.2, 0.25) is 0 Å². The first kappa shape index (κ1) is 17.1. The number of nitrogens with zero attached hydrogens (tertiary/aromatic N) is 1. The van der Waals surface area contributed by atoms with Crippen molar-refractivity contribution < 1.29 is 13.5 Å². The van der Waals surface area contributed by atoms with Crippen LogP contribution < -0.4 is 5.32 Å². The van der Waals surface area contributed by atoms with E-state index >= 15 is 0 Å². The van der Waals surface area contributed by atoms with Crippen LogP contribution in [0.4, 0.5) is 0 Å². The molecule has 0 spiro atoms. The van der Waals surface area contributed by atoms with Crippen LogP contribution in [-0.4, -0.2) is 58.0 Å². The smallest absolute Gasteiger partial charge is 0.175 e. The maximum atomic E-state index is 11.4. The van der Waals surface area contributed by atoms with E-state index in [2.05, 4.69) is 5.32 Å². The highest BCUT2D eigenvalue weighted by atomic mass is 32.2. The van der Waals surface area contributed by atoms with Crippen LogP contribution in [0, 0.1) is 0 Å². The van der Waals surface area contributed by atoms with Crippen LogP contribution in [0.15, 0.2) is 29.2 Å². The van der Waals surface area contributed by atoms with Gasteiger partial charge in [-0.05, 0) is 38.7 Å². The van der Waals surface area contributed by atoms with Crippen LogP contribution in [-0.2, 0) is 9.84 Å². The maximum Gasteiger partial charge on any atom is 0.175 e. The normalized spacial score (nSPS) is 15.3. The third-order valence-corrected chi connectivity index (χ3v) is 4.17. The molecule has 0 saturated carbocycles. The van der Waals surface area contributed by atoms with E-state index in [1.165, 1.54) is 6.26 Å². The van der Waals surface area contributed by atoms with Crippen molar-refractivity contribution in [3.8, 4) is 0 Å². The number of hydrogen-bond donors (Lipinski definition) is 2. The van der Waals surface area contributed by atoms with Gasteiger partial charge in [0.05, 0.1) is 11.0 Å². The van der Waals surface area contributed by atoms with Crippen molar-refractivity contribution in [1.82, 2.24) is 10.2 Å². The van der Waals surface area contributed by atoms with E-state index in [1.54, 1.807) is 24.3 Å². The zero-order chi connectivity index (χ0) is 15.3. The monoisotopic (exact) mass is 300 g/mol. The van der Waals surface area contributed by atoms with E-state index in [-0.39, 0.29) is 6.04 Å². The summed E-state index contributed by atoms with van der Waals surface area (Å²) < 4.78 is 22.8. The Morgan fingerprint density at radius 3 is 2.25 bits per heavy atom. The summed E-state index contributed by atoms with van der Waals surface area (Å²) in [5, 5.41) is 13.0. The average Bonchev–Trinajstić information content (AvgIpc) is 2.34. The highest BCUT2D eigenvalue weighted by Crippen LogP contribution is 2.16. The second-order valence-electron chi connectivity index (χ2n) is 5.39. The Morgan fingerprint density at radius 2 is 1.80 bits per heavy atom. The van der Waals surface area contributed by atoms with Gasteiger partial charge in [-0.2, -0.15) is 0 Å². The number of aliphatic hydroxyl groups is 1. The van der Waals surface area contributed by atoms with Crippen LogP contribution in [0.25, 0.3) is 0 Å². The van der Waals surface area contributed by atoms with Gasteiger partial charge in [-0.1, -0.05) is 12.1 Å². The number of benzene rings is 1. The lowest BCUT2D eigenvalue weighted by Crippen LogP contribution is -2.36. The molecule has 20 heavy (non-hydrogen) atoms. The first-order valence-corrected chi connectivity index (χ1v) is 8.45. The van der Waals surface area contributed by atoms with Gasteiger partial charge in [0.2, 0.25) is 0 Å². The third-order valence-electron chi connectivity index (χ3n) is 3.04. The van der Waals surface area contributed by atoms with Crippen LogP contribution in [0.3, 0.4) is 0 Å². The molecule has 1 aromatic carbocycles. The highest BCUT2D eigenvalue weighted by Gasteiger charge is 2.11. The largest absolute Gasteiger partial charge is 0.390 e. The number of rotatable bonds is 7. The first-order chi connectivity index (χ1) is 9.20. The zero-order valence-corrected chi connectivity index (χ0v) is 13.3. The first-order valence-electron chi connectivity index (χ1n) is 6.56. The Hall–Kier alpha value is -0.950. The van der Waals surface area contributed by atoms with Crippen molar-refractivity contribution in [2.24, 2.45) is 0 Å². The minimum absolute atomic E-state index is 0.0559. The highest BCUT2D eigenvalue weighted by molar-refractivity contribution is 7.90. The number of sulfone groups is 1. The zero-order valence-electron chi connectivity index (χ0n) is 12.5. The maximum absolute atomic E-state index is 11.4. The van der Waals surface area contributed by atoms with Gasteiger partial charge in [0.25, 0.3) is 0 Å². The Bertz CT molecular complexity index is 512. The molecular formula is C14H24N2O3S. The van der Waals surface area contributed by atoms with Crippen molar-refractivity contribution >= 4 is 9.84 Å². The van der Waals surface area contributed by atoms with Crippen LogP contribution in [0.1, 0.15) is 18.5 Å². The molecule has 0 radical (unpaired) electrons. The lowest BCUT2D eigenvalue weighted by atomic mass is 10.1. The Morgan fingerprint density at radius 1 is 1.25 bits per heavy atom. The fraction of sp³-hybridized carbons (Fsp3) is 0.571. The quantitative estimate of drug-likeness (QED) is 0.774. The fourth-order valence-electron chi connectivity index (χ4n) is 1.92. The summed E-state index contributed by atoms with van der Waals surface area (Å²) in [7, 11) is 0.676. The molecule has 1 aromatic rings. The van der Waals surface area contributed by atoms with Gasteiger partial charge in [0.15, 0.2) is 9.84 Å². The minimum atomic E-state index is -3.15. The Balaban J connectivity index is 2.58. The molecule has 0 heterocycles. The number of aliphatic hydroxyl groups excluding tert-OH is 1. The summed E-state index contributed by atoms with van der Waals surface area (Å²) in [6.45, 7) is 3.08. The van der Waals surface area contributed by atoms with Crippen molar-refractivity contribution in [2.75, 3.05) is 33.4 Å². The summed E-state index contributed by atoms with van der Waals surface area (Å²) in [6, 6.07) is 6.87. The Kier molecular flexibility index (Phi) is 6.13. The van der Waals surface area contributed by atoms with E-state index in [0.717, 1.165) is 5.56 Å². The summed E-state index contributed by atoms with van der Waals surface area (Å²) in [5.74, 6) is 0. The lowest BCUT2D eigenvalue weighted by Gasteiger charge is -2.20. The minimum Gasteiger partial charge on any atom is -0.390 e. The molecule has 2 atom stereocenters. The predicted octanol–water partition coefficient (Wildman–Crippen LogP) is 0.663. The lowest BCUT2D eigenvalue weighted by molar-refractivity contribution is 0.132. The van der Waals surface area contributed by atoms with Gasteiger partial charge in [0.1, 0.15) is 0 Å². The molecule has 0 aliphatic carbocycles. The molecule has 2 N–H and O–H groups in total. The topological polar surface area (TPSA) is 69.6 Å². The van der Waals surface area contributed by atoms with Crippen molar-refractivity contribution in [2.45, 2.75) is 24.0 Å². The summed E-state index contributed by atoms with van der Waals surface area (Å²) in [5.41, 5.74) is 0.995. The molecule has 0 aromatic heterocycles. The van der Waals surface area contributed by atoms with Gasteiger partial charge in [-0.15, -0.1) is 0 Å². The molecule has 6 heteroatoms. The molecular weight excluding hydrogens is 276 g/mol. The van der Waals surface area contributed by atoms with E-state index in [4.69, 9.17) is 0 Å². The fourth-order valence-corrected chi connectivity index (χ4v) is 2.55. The average molecular weight is 300 g/mol. The van der Waals surface area contributed by atoms with Crippen LogP contribution in [0.5, 0.6) is 0 Å². The van der Waals surface area contributed by atoms with Gasteiger partial charge < -0.3 is 15.3 Å². The van der Waals surface area contributed by atoms with Crippen molar-refractivity contribution in [3.05, 3.63) is 29.8 Å². The molecule has 0 fully saturated rings. The number of hydrogen-bond acceptors (Lipinski definition) is 5. The van der Waals surface area contributed by atoms with Crippen molar-refractivity contribution in [3.63, 3.8) is 0 Å². The van der Waals surface area contributed by atoms with E-state index in [1.807, 2.05) is 25.9 Å². The second-order valence-corrected chi connectivity index (χ2v) is 7.40. The van der Waals surface area contributed by atoms with Gasteiger partial charge >= 0.3 is 0 Å². The molecule has 1 rings (SSSR count). The predicted molar refractivity (Wildman–Crippen MR) is 80.5 cm³/mol. The van der Waals surface area contributed by atoms with Gasteiger partial charge in [-0.3, -0.25) is 0 Å². The number of nitrogens with one attached hydrogen (secondary N) is 1. The molecule has 114 valence electrons. The summed E-state index contributed by atoms with van der Waals surface area (Å²) in [6.07, 6.45) is 0.768. The standard InChI is InChI=1S/C14H24N2O3S/c1-11(15-9-13(17)10-16(2)3)12-5-7-14(8-6-12)20(4,18)19/h5-8,11,13,15,17H,9-10H2,1-4H3. The third kappa shape index (κ3) is 5.58.